The number of piperazine rings is 1. The Labute approximate surface area is 716 Å². The molecule has 119 heavy (non-hydrogen) atoms. The van der Waals surface area contributed by atoms with Crippen molar-refractivity contribution in [3.8, 4) is 11.1 Å². The zero-order valence-corrected chi connectivity index (χ0v) is 69.5. The number of hydrogen-bond donors (Lipinski definition) is 0. The third kappa shape index (κ3) is 61.3. The highest BCUT2D eigenvalue weighted by atomic mass is 19.1. The minimum atomic E-state index is -0.236. The number of rotatable bonds is 3. The van der Waals surface area contributed by atoms with Crippen LogP contribution in [-0.2, 0) is 6.42 Å². The smallest absolute Gasteiger partial charge is 0.129 e. The first kappa shape index (κ1) is 97.5. The van der Waals surface area contributed by atoms with Crippen molar-refractivity contribution in [2.75, 3.05) is 37.6 Å². The van der Waals surface area contributed by atoms with Crippen molar-refractivity contribution in [3.63, 3.8) is 0 Å². The molecule has 4 heteroatoms. The normalized spacial score (nSPS) is 16.6. The van der Waals surface area contributed by atoms with Crippen LogP contribution in [0.25, 0.3) is 17.2 Å². The highest BCUT2D eigenvalue weighted by Gasteiger charge is 2.20. The van der Waals surface area contributed by atoms with Crippen LogP contribution in [0.1, 0.15) is 50.3 Å². The molecule has 4 rings (SSSR count). The van der Waals surface area contributed by atoms with Crippen LogP contribution in [0.5, 0.6) is 0 Å². The lowest BCUT2D eigenvalue weighted by Crippen LogP contribution is -2.46. The Hall–Kier alpha value is -13.9. The molecule has 0 unspecified atom stereocenters. The average molecular weight is 1570 g/mol. The van der Waals surface area contributed by atoms with Gasteiger partial charge in [0, 0.05) is 26.2 Å². The summed E-state index contributed by atoms with van der Waals surface area (Å²) in [6.07, 6.45) is 192. The number of fused-ring (bicyclic) bond motifs is 1. The molecule has 1 aromatic heterocycles. The maximum atomic E-state index is 14.4. The number of pyridine rings is 1. The fraction of sp³-hybridized carbons (Fsp3) is 0.104. The summed E-state index contributed by atoms with van der Waals surface area (Å²) in [6, 6.07) is 9.18. The lowest BCUT2D eigenvalue weighted by molar-refractivity contribution is 0.270. The third-order valence-electron chi connectivity index (χ3n) is 16.3. The zero-order chi connectivity index (χ0) is 83.7. The second kappa shape index (κ2) is 78.0. The molecule has 0 radical (unpaired) electrons. The SMILES string of the molecule is CCN1CCN(c2cc(-c3ccc(F)cc3)c3c(n2)C=CC=CC=CC=CC=CC=CC=CC=CC=CC=CC=CC=CC=CC=CC=CC=CC=CC=CC=CC=CC=CC=CC=CC=CC=CC=CC=CC=CC=CC=CC=CC=CC=CC=CC=CC=CC=CC=CC=CC=CC=CC=CC=CC=CC=CC=CCCCCCC3)CC1. The first-order valence-corrected chi connectivity index (χ1v) is 41.2. The Kier molecular flexibility index (Phi) is 63.9. The van der Waals surface area contributed by atoms with E-state index in [0.29, 0.717) is 0 Å². The van der Waals surface area contributed by atoms with E-state index in [0.717, 1.165) is 93.9 Å². The summed E-state index contributed by atoms with van der Waals surface area (Å²) in [5.41, 5.74) is 4.31. The van der Waals surface area contributed by atoms with Gasteiger partial charge in [-0.15, -0.1) is 0 Å². The molecule has 2 aromatic rings. The summed E-state index contributed by atoms with van der Waals surface area (Å²) in [4.78, 5) is 10.2. The number of benzene rings is 1. The number of nitrogens with zero attached hydrogens (tertiary/aromatic N) is 3. The molecule has 0 spiro atoms. The summed E-state index contributed by atoms with van der Waals surface area (Å²) in [5, 5.41) is 0. The van der Waals surface area contributed by atoms with Gasteiger partial charge in [-0.1, -0.05) is 585 Å². The maximum absolute atomic E-state index is 14.4. The van der Waals surface area contributed by atoms with Gasteiger partial charge in [-0.25, -0.2) is 9.37 Å². The molecule has 1 aliphatic carbocycles. The number of aromatic nitrogens is 1. The van der Waals surface area contributed by atoms with E-state index in [1.54, 1.807) is 12.1 Å². The average Bonchev–Trinajstić information content (AvgIpc) is 0.789. The van der Waals surface area contributed by atoms with Crippen LogP contribution in [0.4, 0.5) is 10.2 Å². The molecular weight excluding hydrogens is 1440 g/mol. The molecule has 1 saturated heterocycles. The monoisotopic (exact) mass is 1560 g/mol. The summed E-state index contributed by atoms with van der Waals surface area (Å²) in [7, 11) is 0. The fourth-order valence-electron chi connectivity index (χ4n) is 10.2. The molecule has 3 nitrogen and oxygen atoms in total. The predicted molar refractivity (Wildman–Crippen MR) is 531 cm³/mol. The molecule has 1 aliphatic heterocycles. The minimum Gasteiger partial charge on any atom is -0.354 e. The molecule has 604 valence electrons. The zero-order valence-electron chi connectivity index (χ0n) is 69.5. The minimum absolute atomic E-state index is 0.236. The molecule has 1 aromatic carbocycles. The van der Waals surface area contributed by atoms with Crippen LogP contribution in [0.15, 0.2) is 583 Å². The van der Waals surface area contributed by atoms with Gasteiger partial charge in [0.2, 0.25) is 0 Å². The van der Waals surface area contributed by atoms with Gasteiger partial charge in [-0.3, -0.25) is 0 Å². The van der Waals surface area contributed by atoms with Gasteiger partial charge < -0.3 is 9.80 Å². The van der Waals surface area contributed by atoms with Crippen molar-refractivity contribution in [2.24, 2.45) is 0 Å². The maximum Gasteiger partial charge on any atom is 0.129 e. The van der Waals surface area contributed by atoms with Gasteiger partial charge in [-0.2, -0.15) is 0 Å². The quantitative estimate of drug-likeness (QED) is 0.305. The molecule has 0 saturated carbocycles. The van der Waals surface area contributed by atoms with Crippen molar-refractivity contribution < 1.29 is 4.39 Å². The third-order valence-corrected chi connectivity index (χ3v) is 16.3. The molecule has 0 bridgehead atoms. The Morgan fingerprint density at radius 1 is 0.244 bits per heavy atom. The molecule has 2 aliphatic rings. The van der Waals surface area contributed by atoms with Gasteiger partial charge in [0.05, 0.1) is 5.69 Å². The lowest BCUT2D eigenvalue weighted by Gasteiger charge is -2.35. The van der Waals surface area contributed by atoms with Gasteiger partial charge in [0.25, 0.3) is 0 Å². The number of hydrogen-bond acceptors (Lipinski definition) is 3. The summed E-state index contributed by atoms with van der Waals surface area (Å²) in [5.74, 6) is 0.736. The predicted octanol–water partition coefficient (Wildman–Crippen LogP) is 30.6. The van der Waals surface area contributed by atoms with Gasteiger partial charge >= 0.3 is 0 Å². The summed E-state index contributed by atoms with van der Waals surface area (Å²) >= 11 is 0. The van der Waals surface area contributed by atoms with Crippen molar-refractivity contribution in [2.45, 2.75) is 45.4 Å². The van der Waals surface area contributed by atoms with E-state index >= 15 is 0 Å². The molecule has 1 fully saturated rings. The van der Waals surface area contributed by atoms with E-state index in [-0.39, 0.29) is 5.82 Å². The molecule has 0 atom stereocenters. The standard InChI is InChI=1S/C115H122FN3/c1-2-118-105-107-119(108-106-118)115-109-113(110-101-103-111(116)104-102-110)112-99-97-95-93-91-89-87-85-83-81-79-77-75-73-71-69-67-65-63-61-59-57-55-53-51-49-47-45-43-41-39-37-35-33-31-29-27-25-23-21-19-17-15-13-11-9-7-5-3-4-6-8-10-12-14-16-18-20-22-24-26-28-30-32-34-36-38-40-42-44-46-48-50-52-54-56-58-60-62-64-66-68-70-72-74-76-78-80-82-84-86-88-90-92-94-96-98-100-114(112)117-115/h3-88,90,92,94,96,98,100-104,109H,2,89,91,93,95,97,99,105-108H2,1H3. The van der Waals surface area contributed by atoms with Crippen LogP contribution in [0.2, 0.25) is 0 Å². The van der Waals surface area contributed by atoms with Crippen LogP contribution in [0.3, 0.4) is 0 Å². The van der Waals surface area contributed by atoms with Crippen LogP contribution < -0.4 is 4.90 Å². The van der Waals surface area contributed by atoms with E-state index in [4.69, 9.17) is 4.98 Å². The molecule has 0 N–H and O–H groups in total. The molecule has 2 heterocycles. The Balaban J connectivity index is 1.28. The highest BCUT2D eigenvalue weighted by Crippen LogP contribution is 2.33. The summed E-state index contributed by atoms with van der Waals surface area (Å²) < 4.78 is 14.4. The lowest BCUT2D eigenvalue weighted by atomic mass is 9.93. The number of likely N-dealkylation sites (N-methyl/N-ethyl adjacent to an activating group) is 1. The largest absolute Gasteiger partial charge is 0.354 e. The fourth-order valence-corrected chi connectivity index (χ4v) is 10.2. The number of halogens is 1. The topological polar surface area (TPSA) is 19.4 Å². The van der Waals surface area contributed by atoms with Crippen molar-refractivity contribution in [3.05, 3.63) is 600 Å². The van der Waals surface area contributed by atoms with Crippen molar-refractivity contribution in [1.82, 2.24) is 9.88 Å². The van der Waals surface area contributed by atoms with E-state index < -0.39 is 0 Å². The molecule has 0 amide bonds. The molecular formula is C115H122FN3. The van der Waals surface area contributed by atoms with Crippen LogP contribution >= 0.6 is 0 Å². The second-order valence-electron chi connectivity index (χ2n) is 25.5. The van der Waals surface area contributed by atoms with Crippen LogP contribution in [-0.4, -0.2) is 42.6 Å². The second-order valence-corrected chi connectivity index (χ2v) is 25.5. The van der Waals surface area contributed by atoms with E-state index in [1.165, 1.54) is 5.56 Å². The highest BCUT2D eigenvalue weighted by molar-refractivity contribution is 5.75. The number of anilines is 1. The van der Waals surface area contributed by atoms with E-state index in [1.807, 2.05) is 529 Å². The first-order valence-electron chi connectivity index (χ1n) is 41.2. The van der Waals surface area contributed by atoms with Crippen molar-refractivity contribution in [1.29, 1.82) is 0 Å². The van der Waals surface area contributed by atoms with E-state index in [9.17, 15) is 4.39 Å². The van der Waals surface area contributed by atoms with Crippen molar-refractivity contribution >= 4 is 11.9 Å². The first-order chi connectivity index (χ1) is 59.2. The Morgan fingerprint density at radius 2 is 0.454 bits per heavy atom. The number of allylic oxidation sites excluding steroid dienone is 91. The Morgan fingerprint density at radius 3 is 0.681 bits per heavy atom. The van der Waals surface area contributed by atoms with Gasteiger partial charge in [0.1, 0.15) is 11.6 Å². The van der Waals surface area contributed by atoms with Gasteiger partial charge in [0.15, 0.2) is 0 Å². The van der Waals surface area contributed by atoms with Gasteiger partial charge in [-0.05, 0) is 73.2 Å². The Bertz CT molecular complexity index is 4650. The summed E-state index contributed by atoms with van der Waals surface area (Å²) in [6.45, 7) is 7.11. The van der Waals surface area contributed by atoms with Crippen LogP contribution in [0, 0.1) is 5.82 Å². The van der Waals surface area contributed by atoms with E-state index in [2.05, 4.69) is 65.3 Å².